The zero-order valence-corrected chi connectivity index (χ0v) is 31.2. The molecular weight excluding hydrogens is 717 g/mol. The van der Waals surface area contributed by atoms with Crippen molar-refractivity contribution >= 4 is 75.3 Å². The van der Waals surface area contributed by atoms with Crippen molar-refractivity contribution < 1.29 is 4.42 Å². The van der Waals surface area contributed by atoms with Crippen LogP contribution in [-0.2, 0) is 0 Å². The van der Waals surface area contributed by atoms with E-state index in [1.165, 1.54) is 26.2 Å². The van der Waals surface area contributed by atoms with Crippen molar-refractivity contribution in [3.05, 3.63) is 182 Å². The fourth-order valence-corrected chi connectivity index (χ4v) is 9.60. The van der Waals surface area contributed by atoms with E-state index < -0.39 is 0 Å². The summed E-state index contributed by atoms with van der Waals surface area (Å²) < 4.78 is 11.4. The second kappa shape index (κ2) is 12.6. The topological polar surface area (TPSA) is 56.7 Å². The molecule has 8 aromatic carbocycles. The molecule has 0 fully saturated rings. The van der Waals surface area contributed by atoms with E-state index in [-0.39, 0.29) is 0 Å². The molecule has 0 saturated heterocycles. The Labute approximate surface area is 330 Å². The highest BCUT2D eigenvalue weighted by Crippen LogP contribution is 2.43. The second-order valence-electron chi connectivity index (χ2n) is 14.4. The Balaban J connectivity index is 0.987. The van der Waals surface area contributed by atoms with Crippen LogP contribution in [0.15, 0.2) is 186 Å². The molecule has 4 aromatic heterocycles. The van der Waals surface area contributed by atoms with Crippen LogP contribution in [0.3, 0.4) is 0 Å². The molecule has 0 N–H and O–H groups in total. The van der Waals surface area contributed by atoms with Gasteiger partial charge < -0.3 is 8.98 Å². The minimum Gasteiger partial charge on any atom is -0.454 e. The molecule has 0 atom stereocenters. The number of thiophene rings is 1. The van der Waals surface area contributed by atoms with Crippen molar-refractivity contribution in [2.45, 2.75) is 0 Å². The normalized spacial score (nSPS) is 11.9. The van der Waals surface area contributed by atoms with Crippen LogP contribution in [-0.4, -0.2) is 19.5 Å². The first-order valence-corrected chi connectivity index (χ1v) is 19.8. The predicted octanol–water partition coefficient (Wildman–Crippen LogP) is 13.9. The highest BCUT2D eigenvalue weighted by molar-refractivity contribution is 7.26. The van der Waals surface area contributed by atoms with Crippen molar-refractivity contribution in [2.75, 3.05) is 0 Å². The zero-order chi connectivity index (χ0) is 37.5. The maximum Gasteiger partial charge on any atom is 0.165 e. The van der Waals surface area contributed by atoms with Gasteiger partial charge in [0.05, 0.1) is 16.7 Å². The lowest BCUT2D eigenvalue weighted by atomic mass is 10.00. The quantitative estimate of drug-likeness (QED) is 0.176. The van der Waals surface area contributed by atoms with Crippen molar-refractivity contribution in [1.29, 1.82) is 0 Å². The Hall–Kier alpha value is -7.41. The molecule has 0 spiro atoms. The van der Waals surface area contributed by atoms with Crippen LogP contribution >= 0.6 is 11.3 Å². The smallest absolute Gasteiger partial charge is 0.165 e. The molecule has 4 heterocycles. The number of fused-ring (bicyclic) bond motifs is 9. The molecule has 0 amide bonds. The van der Waals surface area contributed by atoms with Gasteiger partial charge in [-0.25, -0.2) is 15.0 Å². The van der Waals surface area contributed by atoms with E-state index in [0.717, 1.165) is 71.2 Å². The summed E-state index contributed by atoms with van der Waals surface area (Å²) in [5, 5.41) is 7.05. The minimum absolute atomic E-state index is 0.657. The monoisotopic (exact) mass is 746 g/mol. The van der Waals surface area contributed by atoms with Gasteiger partial charge in [-0.3, -0.25) is 0 Å². The molecule has 57 heavy (non-hydrogen) atoms. The van der Waals surface area contributed by atoms with Crippen LogP contribution in [0.2, 0.25) is 0 Å². The maximum atomic E-state index is 6.70. The summed E-state index contributed by atoms with van der Waals surface area (Å²) >= 11 is 1.78. The third-order valence-electron chi connectivity index (χ3n) is 11.1. The Morgan fingerprint density at radius 3 is 1.67 bits per heavy atom. The minimum atomic E-state index is 0.657. The van der Waals surface area contributed by atoms with Crippen molar-refractivity contribution in [1.82, 2.24) is 19.5 Å². The molecule has 0 aliphatic heterocycles. The summed E-state index contributed by atoms with van der Waals surface area (Å²) in [7, 11) is 0. The highest BCUT2D eigenvalue weighted by Gasteiger charge is 2.19. The Bertz CT molecular complexity index is 3420. The van der Waals surface area contributed by atoms with E-state index in [9.17, 15) is 0 Å². The molecule has 0 bridgehead atoms. The number of nitrogens with zero attached hydrogens (tertiary/aromatic N) is 4. The molecule has 12 rings (SSSR count). The van der Waals surface area contributed by atoms with Crippen LogP contribution in [0, 0.1) is 0 Å². The molecule has 0 radical (unpaired) electrons. The Morgan fingerprint density at radius 1 is 0.404 bits per heavy atom. The van der Waals surface area contributed by atoms with Crippen molar-refractivity contribution in [3.8, 4) is 51.0 Å². The van der Waals surface area contributed by atoms with Crippen LogP contribution in [0.25, 0.3) is 115 Å². The maximum absolute atomic E-state index is 6.70. The van der Waals surface area contributed by atoms with E-state index in [1.54, 1.807) is 11.3 Å². The largest absolute Gasteiger partial charge is 0.454 e. The van der Waals surface area contributed by atoms with Gasteiger partial charge in [0.25, 0.3) is 0 Å². The highest BCUT2D eigenvalue weighted by atomic mass is 32.1. The Kier molecular flexibility index (Phi) is 7.03. The van der Waals surface area contributed by atoms with Gasteiger partial charge in [0.15, 0.2) is 23.1 Å². The van der Waals surface area contributed by atoms with Gasteiger partial charge in [-0.15, -0.1) is 11.3 Å². The molecule has 12 aromatic rings. The van der Waals surface area contributed by atoms with Gasteiger partial charge in [-0.1, -0.05) is 133 Å². The number of hydrogen-bond acceptors (Lipinski definition) is 5. The van der Waals surface area contributed by atoms with Crippen molar-refractivity contribution in [3.63, 3.8) is 0 Å². The number of rotatable bonds is 5. The summed E-state index contributed by atoms with van der Waals surface area (Å²) in [6.45, 7) is 0. The summed E-state index contributed by atoms with van der Waals surface area (Å²) in [5.41, 5.74) is 10.3. The number of benzene rings is 8. The molecule has 266 valence electrons. The van der Waals surface area contributed by atoms with Gasteiger partial charge in [-0.05, 0) is 59.7 Å². The van der Waals surface area contributed by atoms with Gasteiger partial charge >= 0.3 is 0 Å². The number of aromatic nitrogens is 4. The van der Waals surface area contributed by atoms with E-state index in [0.29, 0.717) is 17.5 Å². The third-order valence-corrected chi connectivity index (χ3v) is 12.3. The van der Waals surface area contributed by atoms with Gasteiger partial charge in [-0.2, -0.15) is 0 Å². The number of furan rings is 1. The molecule has 5 nitrogen and oxygen atoms in total. The van der Waals surface area contributed by atoms with E-state index in [1.807, 2.05) is 60.7 Å². The average Bonchev–Trinajstić information content (AvgIpc) is 3.96. The van der Waals surface area contributed by atoms with Crippen molar-refractivity contribution in [2.24, 2.45) is 0 Å². The molecule has 0 saturated carbocycles. The van der Waals surface area contributed by atoms with E-state index in [2.05, 4.69) is 126 Å². The summed E-state index contributed by atoms with van der Waals surface area (Å²) in [5.74, 6) is 1.98. The summed E-state index contributed by atoms with van der Waals surface area (Å²) in [6.07, 6.45) is 0. The average molecular weight is 747 g/mol. The fraction of sp³-hybridized carbons (Fsp3) is 0. The van der Waals surface area contributed by atoms with Crippen LogP contribution in [0.4, 0.5) is 0 Å². The SMILES string of the molecule is c1ccc(-c2nc(-c3ccccc3)nc(-c3cccc4c3sc3ccc(-c5ccc6oc7c(-n8c9ccccc9c9ccccc98)cccc7c6c5)cc34)n2)cc1. The fourth-order valence-electron chi connectivity index (χ4n) is 8.40. The lowest BCUT2D eigenvalue weighted by molar-refractivity contribution is 0.666. The predicted molar refractivity (Wildman–Crippen MR) is 236 cm³/mol. The first-order valence-electron chi connectivity index (χ1n) is 19.0. The number of hydrogen-bond donors (Lipinski definition) is 0. The lowest BCUT2D eigenvalue weighted by Gasteiger charge is -2.09. The number of para-hydroxylation sites is 3. The van der Waals surface area contributed by atoms with Crippen LogP contribution < -0.4 is 0 Å². The standard InChI is InChI=1S/C51H30N4OS/c1-3-13-31(14-4-1)49-52-50(32-15-5-2-6-16-32)54-51(53-49)39-21-11-20-38-41-30-34(26-28-46(41)57-48(38)39)33-25-27-45-40(29-33)37-19-12-24-44(47(37)56-45)55-42-22-9-7-17-35(42)36-18-8-10-23-43(36)55/h1-30H. The first-order chi connectivity index (χ1) is 28.2. The Morgan fingerprint density at radius 2 is 0.965 bits per heavy atom. The van der Waals surface area contributed by atoms with E-state index >= 15 is 0 Å². The molecule has 6 heteroatoms. The van der Waals surface area contributed by atoms with E-state index in [4.69, 9.17) is 19.4 Å². The first kappa shape index (κ1) is 31.9. The summed E-state index contributed by atoms with van der Waals surface area (Å²) in [6, 6.07) is 63.8. The molecular formula is C51H30N4OS. The zero-order valence-electron chi connectivity index (χ0n) is 30.4. The third kappa shape index (κ3) is 5.04. The van der Waals surface area contributed by atoms with Crippen LogP contribution in [0.1, 0.15) is 0 Å². The van der Waals surface area contributed by atoms with Gasteiger partial charge in [0.2, 0.25) is 0 Å². The van der Waals surface area contributed by atoms with Gasteiger partial charge in [0, 0.05) is 58.4 Å². The second-order valence-corrected chi connectivity index (χ2v) is 15.4. The molecule has 0 aliphatic rings. The van der Waals surface area contributed by atoms with Gasteiger partial charge in [0.1, 0.15) is 5.58 Å². The van der Waals surface area contributed by atoms with Crippen LogP contribution in [0.5, 0.6) is 0 Å². The summed E-state index contributed by atoms with van der Waals surface area (Å²) in [4.78, 5) is 15.0. The molecule has 0 unspecified atom stereocenters. The lowest BCUT2D eigenvalue weighted by Crippen LogP contribution is -2.00. The molecule has 0 aliphatic carbocycles.